The Hall–Kier alpha value is -7.62. The van der Waals surface area contributed by atoms with E-state index in [0.29, 0.717) is 0 Å². The molecular weight excluding hydrogens is 765 g/mol. The number of fused-ring (bicyclic) bond motifs is 12. The average molecular weight is 809 g/mol. The van der Waals surface area contributed by atoms with Crippen molar-refractivity contribution in [3.05, 3.63) is 216 Å². The first-order chi connectivity index (χ1) is 30.8. The zero-order valence-electron chi connectivity index (χ0n) is 35.8. The molecular formula is C60H44N2O. The molecule has 0 amide bonds. The van der Waals surface area contributed by atoms with E-state index in [1.165, 1.54) is 83.1 Å². The second kappa shape index (κ2) is 13.0. The molecule has 2 aliphatic carbocycles. The number of hydrogen-bond donors (Lipinski definition) is 0. The molecule has 11 aromatic rings. The molecule has 0 radical (unpaired) electrons. The van der Waals surface area contributed by atoms with Gasteiger partial charge in [0.1, 0.15) is 11.2 Å². The van der Waals surface area contributed by atoms with E-state index in [-0.39, 0.29) is 10.8 Å². The fraction of sp³-hybridized carbons (Fsp3) is 0.100. The van der Waals surface area contributed by atoms with E-state index in [1.54, 1.807) is 0 Å². The minimum absolute atomic E-state index is 0.0872. The molecule has 0 spiro atoms. The molecule has 300 valence electrons. The highest BCUT2D eigenvalue weighted by Crippen LogP contribution is 2.53. The number of benzene rings is 9. The van der Waals surface area contributed by atoms with E-state index in [4.69, 9.17) is 4.42 Å². The van der Waals surface area contributed by atoms with Crippen molar-refractivity contribution in [1.82, 2.24) is 4.57 Å². The van der Waals surface area contributed by atoms with Crippen molar-refractivity contribution in [2.24, 2.45) is 0 Å². The number of rotatable bonds is 5. The molecule has 0 fully saturated rings. The molecule has 0 aliphatic heterocycles. The van der Waals surface area contributed by atoms with Gasteiger partial charge >= 0.3 is 0 Å². The van der Waals surface area contributed by atoms with Crippen molar-refractivity contribution < 1.29 is 4.42 Å². The molecule has 9 aromatic carbocycles. The molecule has 2 aromatic heterocycles. The maximum Gasteiger partial charge on any atom is 0.137 e. The summed E-state index contributed by atoms with van der Waals surface area (Å²) in [7, 11) is 0. The van der Waals surface area contributed by atoms with E-state index < -0.39 is 0 Å². The summed E-state index contributed by atoms with van der Waals surface area (Å²) in [4.78, 5) is 2.42. The van der Waals surface area contributed by atoms with Gasteiger partial charge < -0.3 is 13.9 Å². The zero-order valence-corrected chi connectivity index (χ0v) is 35.8. The maximum atomic E-state index is 6.46. The van der Waals surface area contributed by atoms with Gasteiger partial charge in [-0.1, -0.05) is 143 Å². The molecule has 0 unspecified atom stereocenters. The highest BCUT2D eigenvalue weighted by molar-refractivity contribution is 6.14. The zero-order chi connectivity index (χ0) is 42.2. The minimum Gasteiger partial charge on any atom is -0.456 e. The van der Waals surface area contributed by atoms with Crippen LogP contribution in [0.3, 0.4) is 0 Å². The monoisotopic (exact) mass is 808 g/mol. The van der Waals surface area contributed by atoms with Crippen LogP contribution in [0.5, 0.6) is 0 Å². The van der Waals surface area contributed by atoms with Crippen LogP contribution in [0.25, 0.3) is 82.8 Å². The summed E-state index contributed by atoms with van der Waals surface area (Å²) in [5.74, 6) is 0. The van der Waals surface area contributed by atoms with Crippen LogP contribution < -0.4 is 4.90 Å². The number of para-hydroxylation sites is 2. The summed E-state index contributed by atoms with van der Waals surface area (Å²) in [5, 5.41) is 4.74. The van der Waals surface area contributed by atoms with Crippen molar-refractivity contribution in [3.63, 3.8) is 0 Å². The topological polar surface area (TPSA) is 21.3 Å². The van der Waals surface area contributed by atoms with Crippen LogP contribution >= 0.6 is 0 Å². The highest BCUT2D eigenvalue weighted by atomic mass is 16.3. The minimum atomic E-state index is -0.131. The first-order valence-corrected chi connectivity index (χ1v) is 22.1. The molecule has 0 N–H and O–H groups in total. The fourth-order valence-electron chi connectivity index (χ4n) is 11.3. The van der Waals surface area contributed by atoms with Crippen LogP contribution in [-0.2, 0) is 10.8 Å². The maximum absolute atomic E-state index is 6.46. The van der Waals surface area contributed by atoms with Crippen LogP contribution in [0.15, 0.2) is 199 Å². The molecule has 13 rings (SSSR count). The Balaban J connectivity index is 0.979. The van der Waals surface area contributed by atoms with E-state index >= 15 is 0 Å². The Bertz CT molecular complexity index is 3680. The summed E-state index contributed by atoms with van der Waals surface area (Å²) in [6, 6.07) is 71.5. The molecule has 0 bridgehead atoms. The quantitative estimate of drug-likeness (QED) is 0.173. The van der Waals surface area contributed by atoms with Gasteiger partial charge in [-0.3, -0.25) is 0 Å². The standard InChI is InChI=1S/C60H44N2O/c1-59(2)49-20-11-8-17-42(49)44-31-30-41(34-51(44)59)61(54-22-14-24-57-58(54)45-19-10-13-23-56(45)63-57)40-28-25-37(26-29-40)38-27-32-53-47(33-38)48-35-46-43-18-9-12-21-50(43)60(3,4)52(46)36-55(48)62(53)39-15-6-5-7-16-39/h5-36H,1-4H3. The van der Waals surface area contributed by atoms with Crippen LogP contribution in [0, 0.1) is 0 Å². The van der Waals surface area contributed by atoms with Gasteiger partial charge in [-0.15, -0.1) is 0 Å². The first-order valence-electron chi connectivity index (χ1n) is 22.1. The molecule has 63 heavy (non-hydrogen) atoms. The summed E-state index contributed by atoms with van der Waals surface area (Å²) in [6.07, 6.45) is 0. The van der Waals surface area contributed by atoms with Crippen molar-refractivity contribution in [1.29, 1.82) is 0 Å². The Morgan fingerprint density at radius 1 is 0.397 bits per heavy atom. The lowest BCUT2D eigenvalue weighted by Gasteiger charge is -2.28. The van der Waals surface area contributed by atoms with Gasteiger partial charge in [-0.25, -0.2) is 0 Å². The third kappa shape index (κ3) is 5.08. The van der Waals surface area contributed by atoms with Crippen LogP contribution in [0.1, 0.15) is 49.9 Å². The Kier molecular flexibility index (Phi) is 7.42. The Morgan fingerprint density at radius 2 is 1.00 bits per heavy atom. The van der Waals surface area contributed by atoms with Crippen LogP contribution in [0.2, 0.25) is 0 Å². The van der Waals surface area contributed by atoms with Crippen molar-refractivity contribution in [3.8, 4) is 39.1 Å². The van der Waals surface area contributed by atoms with Crippen molar-refractivity contribution in [2.45, 2.75) is 38.5 Å². The SMILES string of the molecule is CC1(C)c2ccccc2-c2ccc(N(c3ccc(-c4ccc5c(c4)c4cc6c(cc4n5-c4ccccc4)C(C)(C)c4ccccc4-6)cc3)c3cccc4oc5ccccc5c34)cc21. The first kappa shape index (κ1) is 36.1. The van der Waals surface area contributed by atoms with Crippen molar-refractivity contribution >= 4 is 60.8 Å². The van der Waals surface area contributed by atoms with E-state index in [9.17, 15) is 0 Å². The number of hydrogen-bond acceptors (Lipinski definition) is 2. The summed E-state index contributed by atoms with van der Waals surface area (Å²) in [6.45, 7) is 9.44. The molecule has 2 aliphatic rings. The second-order valence-corrected chi connectivity index (χ2v) is 18.5. The second-order valence-electron chi connectivity index (χ2n) is 18.5. The van der Waals surface area contributed by atoms with Gasteiger partial charge in [0.15, 0.2) is 0 Å². The number of aromatic nitrogens is 1. The smallest absolute Gasteiger partial charge is 0.137 e. The van der Waals surface area contributed by atoms with Gasteiger partial charge in [0.2, 0.25) is 0 Å². The molecule has 3 heteroatoms. The third-order valence-corrected chi connectivity index (χ3v) is 14.4. The van der Waals surface area contributed by atoms with E-state index in [0.717, 1.165) is 39.0 Å². The van der Waals surface area contributed by atoms with Crippen LogP contribution in [-0.4, -0.2) is 4.57 Å². The molecule has 0 atom stereocenters. The van der Waals surface area contributed by atoms with Gasteiger partial charge in [0.25, 0.3) is 0 Å². The lowest BCUT2D eigenvalue weighted by atomic mass is 9.82. The van der Waals surface area contributed by atoms with Gasteiger partial charge in [-0.05, 0) is 134 Å². The van der Waals surface area contributed by atoms with Gasteiger partial charge in [-0.2, -0.15) is 0 Å². The van der Waals surface area contributed by atoms with Crippen LogP contribution in [0.4, 0.5) is 17.1 Å². The van der Waals surface area contributed by atoms with Gasteiger partial charge in [0, 0.05) is 44.1 Å². The highest BCUT2D eigenvalue weighted by Gasteiger charge is 2.37. The Morgan fingerprint density at radius 3 is 1.78 bits per heavy atom. The fourth-order valence-corrected chi connectivity index (χ4v) is 11.3. The predicted molar refractivity (Wildman–Crippen MR) is 263 cm³/mol. The normalized spacial score (nSPS) is 14.3. The van der Waals surface area contributed by atoms with E-state index in [1.807, 2.05) is 6.07 Å². The molecule has 2 heterocycles. The summed E-state index contributed by atoms with van der Waals surface area (Å²) < 4.78 is 8.91. The molecule has 0 saturated carbocycles. The number of nitrogens with zero attached hydrogens (tertiary/aromatic N) is 2. The number of furan rings is 1. The molecule has 3 nitrogen and oxygen atoms in total. The summed E-state index contributed by atoms with van der Waals surface area (Å²) >= 11 is 0. The largest absolute Gasteiger partial charge is 0.456 e. The molecule has 0 saturated heterocycles. The lowest BCUT2D eigenvalue weighted by Crippen LogP contribution is -2.16. The lowest BCUT2D eigenvalue weighted by molar-refractivity contribution is 0.660. The average Bonchev–Trinajstić information content (AvgIpc) is 4.00. The van der Waals surface area contributed by atoms with Gasteiger partial charge in [0.05, 0.1) is 22.1 Å². The summed E-state index contributed by atoms with van der Waals surface area (Å²) in [5.41, 5.74) is 21.6. The van der Waals surface area contributed by atoms with Crippen molar-refractivity contribution in [2.75, 3.05) is 4.90 Å². The third-order valence-electron chi connectivity index (χ3n) is 14.4. The predicted octanol–water partition coefficient (Wildman–Crippen LogP) is 16.4. The number of anilines is 3. The Labute approximate surface area is 367 Å². The van der Waals surface area contributed by atoms with E-state index in [2.05, 4.69) is 225 Å².